The number of pyridine rings is 1. The van der Waals surface area contributed by atoms with Crippen molar-refractivity contribution in [2.75, 3.05) is 39.4 Å². The maximum Gasteiger partial charge on any atom is 0.325 e. The molecule has 0 bridgehead atoms. The number of nitrogens with one attached hydrogen (secondary N) is 1. The van der Waals surface area contributed by atoms with Gasteiger partial charge in [0.15, 0.2) is 17.2 Å². The Kier molecular flexibility index (Phi) is 6.51. The van der Waals surface area contributed by atoms with Crippen LogP contribution in [0.4, 0.5) is 10.6 Å². The molecule has 2 heterocycles. The van der Waals surface area contributed by atoms with Gasteiger partial charge in [0.25, 0.3) is 0 Å². The van der Waals surface area contributed by atoms with Crippen LogP contribution in [0, 0.1) is 0 Å². The van der Waals surface area contributed by atoms with Crippen LogP contribution in [-0.2, 0) is 14.9 Å². The van der Waals surface area contributed by atoms with Gasteiger partial charge in [-0.15, -0.1) is 0 Å². The number of carbonyl (C=O) groups is 1. The Morgan fingerprint density at radius 1 is 1.19 bits per heavy atom. The predicted octanol–water partition coefficient (Wildman–Crippen LogP) is 1.96. The fourth-order valence-corrected chi connectivity index (χ4v) is 3.23. The minimum Gasteiger partial charge on any atom is -0.487 e. The van der Waals surface area contributed by atoms with E-state index in [1.165, 1.54) is 43.3 Å². The second-order valence-corrected chi connectivity index (χ2v) is 7.96. The van der Waals surface area contributed by atoms with Crippen LogP contribution in [0.2, 0.25) is 0 Å². The highest BCUT2D eigenvalue weighted by Gasteiger charge is 2.21. The summed E-state index contributed by atoms with van der Waals surface area (Å²) in [6.07, 6.45) is 3.67. The Hall–Kier alpha value is -3.51. The third-order valence-electron chi connectivity index (χ3n) is 4.03. The van der Waals surface area contributed by atoms with Crippen LogP contribution < -0.4 is 24.7 Å². The van der Waals surface area contributed by atoms with Crippen molar-refractivity contribution >= 4 is 32.9 Å². The summed E-state index contributed by atoms with van der Waals surface area (Å²) in [5, 5.41) is 2.81. The Balaban J connectivity index is 2.17. The van der Waals surface area contributed by atoms with Gasteiger partial charge in [-0.2, -0.15) is 8.42 Å². The van der Waals surface area contributed by atoms with E-state index in [1.54, 1.807) is 12.1 Å². The lowest BCUT2D eigenvalue weighted by molar-refractivity contribution is 0.145. The highest BCUT2D eigenvalue weighted by molar-refractivity contribution is 7.86. The zero-order chi connectivity index (χ0) is 22.6. The quantitative estimate of drug-likeness (QED) is 0.389. The number of benzene rings is 1. The SMILES string of the molecule is CNC(=O)n1cc(OS(C)(=O)=O)c2cc(Oc3ccnc(N)c3)c(OCCOC)cc21. The van der Waals surface area contributed by atoms with Crippen molar-refractivity contribution in [2.45, 2.75) is 0 Å². The van der Waals surface area contributed by atoms with E-state index in [0.29, 0.717) is 29.0 Å². The molecule has 0 radical (unpaired) electrons. The van der Waals surface area contributed by atoms with Crippen LogP contribution in [0.15, 0.2) is 36.7 Å². The number of nitrogen functional groups attached to an aromatic ring is 1. The molecule has 12 heteroatoms. The van der Waals surface area contributed by atoms with Crippen molar-refractivity contribution in [3.05, 3.63) is 36.7 Å². The normalized spacial score (nSPS) is 11.3. The summed E-state index contributed by atoms with van der Waals surface area (Å²) < 4.78 is 46.4. The number of hydrogen-bond donors (Lipinski definition) is 2. The molecule has 0 atom stereocenters. The number of rotatable bonds is 8. The number of aromatic nitrogens is 2. The Morgan fingerprint density at radius 3 is 2.61 bits per heavy atom. The van der Waals surface area contributed by atoms with Crippen LogP contribution in [0.5, 0.6) is 23.0 Å². The zero-order valence-electron chi connectivity index (χ0n) is 17.1. The van der Waals surface area contributed by atoms with E-state index in [9.17, 15) is 13.2 Å². The lowest BCUT2D eigenvalue weighted by Crippen LogP contribution is -2.23. The first-order valence-corrected chi connectivity index (χ1v) is 10.8. The van der Waals surface area contributed by atoms with Crippen molar-refractivity contribution in [1.29, 1.82) is 0 Å². The number of carbonyl (C=O) groups excluding carboxylic acids is 1. The van der Waals surface area contributed by atoms with Crippen LogP contribution in [0.1, 0.15) is 0 Å². The second-order valence-electron chi connectivity index (χ2n) is 6.38. The number of ether oxygens (including phenoxy) is 3. The van der Waals surface area contributed by atoms with Gasteiger partial charge in [0, 0.05) is 37.9 Å². The molecule has 0 aliphatic carbocycles. The zero-order valence-corrected chi connectivity index (χ0v) is 17.9. The van der Waals surface area contributed by atoms with E-state index in [1.807, 2.05) is 0 Å². The molecule has 0 aliphatic rings. The average molecular weight is 450 g/mol. The molecule has 3 rings (SSSR count). The number of nitrogens with zero attached hydrogens (tertiary/aromatic N) is 2. The van der Waals surface area contributed by atoms with Crippen molar-refractivity contribution in [3.63, 3.8) is 0 Å². The molecule has 31 heavy (non-hydrogen) atoms. The van der Waals surface area contributed by atoms with Crippen molar-refractivity contribution in [3.8, 4) is 23.0 Å². The van der Waals surface area contributed by atoms with E-state index in [0.717, 1.165) is 6.26 Å². The summed E-state index contributed by atoms with van der Waals surface area (Å²) in [5.74, 6) is 1.16. The summed E-state index contributed by atoms with van der Waals surface area (Å²) in [5.41, 5.74) is 6.06. The lowest BCUT2D eigenvalue weighted by Gasteiger charge is -2.14. The maximum absolute atomic E-state index is 12.3. The van der Waals surface area contributed by atoms with Crippen molar-refractivity contribution in [1.82, 2.24) is 14.9 Å². The molecule has 0 aliphatic heterocycles. The van der Waals surface area contributed by atoms with Gasteiger partial charge in [-0.25, -0.2) is 9.78 Å². The van der Waals surface area contributed by atoms with Crippen molar-refractivity contribution < 1.29 is 31.6 Å². The predicted molar refractivity (Wildman–Crippen MR) is 113 cm³/mol. The van der Waals surface area contributed by atoms with E-state index in [4.69, 9.17) is 24.1 Å². The average Bonchev–Trinajstić information content (AvgIpc) is 3.03. The highest BCUT2D eigenvalue weighted by Crippen LogP contribution is 2.40. The molecule has 0 spiro atoms. The largest absolute Gasteiger partial charge is 0.487 e. The third kappa shape index (κ3) is 5.35. The standard InChI is InChI=1S/C19H22N4O7S/c1-21-19(24)23-11-17(30-31(3,25)26)13-9-16(29-12-4-5-22-18(20)8-12)15(10-14(13)23)28-7-6-27-2/h4-5,8-11H,6-7H2,1-3H3,(H2,20,22)(H,21,24). The first-order valence-electron chi connectivity index (χ1n) is 9.03. The number of fused-ring (bicyclic) bond motifs is 1. The van der Waals surface area contributed by atoms with Gasteiger partial charge in [-0.1, -0.05) is 0 Å². The van der Waals surface area contributed by atoms with Crippen LogP contribution in [0.25, 0.3) is 10.9 Å². The lowest BCUT2D eigenvalue weighted by atomic mass is 10.2. The molecule has 0 saturated carbocycles. The molecular weight excluding hydrogens is 428 g/mol. The first kappa shape index (κ1) is 22.2. The second kappa shape index (κ2) is 9.10. The van der Waals surface area contributed by atoms with E-state index >= 15 is 0 Å². The topological polar surface area (TPSA) is 144 Å². The minimum atomic E-state index is -3.85. The van der Waals surface area contributed by atoms with Gasteiger partial charge < -0.3 is 29.4 Å². The number of methoxy groups -OCH3 is 1. The molecule has 0 unspecified atom stereocenters. The molecule has 3 N–H and O–H groups in total. The molecule has 0 fully saturated rings. The Labute approximate surface area is 178 Å². The van der Waals surface area contributed by atoms with Gasteiger partial charge in [0.1, 0.15) is 18.2 Å². The van der Waals surface area contributed by atoms with Crippen LogP contribution in [0.3, 0.4) is 0 Å². The van der Waals surface area contributed by atoms with Gasteiger partial charge in [0.05, 0.1) is 24.6 Å². The molecule has 2 aromatic heterocycles. The van der Waals surface area contributed by atoms with E-state index in [2.05, 4.69) is 10.3 Å². The highest BCUT2D eigenvalue weighted by atomic mass is 32.2. The number of nitrogens with two attached hydrogens (primary N) is 1. The Bertz CT molecular complexity index is 1210. The maximum atomic E-state index is 12.3. The summed E-state index contributed by atoms with van der Waals surface area (Å²) in [4.78, 5) is 16.2. The van der Waals surface area contributed by atoms with Gasteiger partial charge in [0.2, 0.25) is 0 Å². The number of amides is 1. The monoisotopic (exact) mass is 450 g/mol. The summed E-state index contributed by atoms with van der Waals surface area (Å²) >= 11 is 0. The fourth-order valence-electron chi connectivity index (χ4n) is 2.77. The van der Waals surface area contributed by atoms with E-state index < -0.39 is 16.1 Å². The number of hydrogen-bond acceptors (Lipinski definition) is 9. The van der Waals surface area contributed by atoms with Gasteiger partial charge >= 0.3 is 16.1 Å². The van der Waals surface area contributed by atoms with Gasteiger partial charge in [-0.05, 0) is 12.1 Å². The Morgan fingerprint density at radius 2 is 1.97 bits per heavy atom. The molecule has 3 aromatic rings. The molecule has 1 amide bonds. The van der Waals surface area contributed by atoms with Gasteiger partial charge in [-0.3, -0.25) is 4.57 Å². The molecule has 166 valence electrons. The van der Waals surface area contributed by atoms with Crippen molar-refractivity contribution in [2.24, 2.45) is 0 Å². The minimum absolute atomic E-state index is 0.0383. The molecule has 11 nitrogen and oxygen atoms in total. The molecule has 0 saturated heterocycles. The summed E-state index contributed by atoms with van der Waals surface area (Å²) in [6.45, 7) is 0.531. The van der Waals surface area contributed by atoms with E-state index in [-0.39, 0.29) is 23.9 Å². The first-order chi connectivity index (χ1) is 14.7. The number of anilines is 1. The van der Waals surface area contributed by atoms with Crippen LogP contribution >= 0.6 is 0 Å². The third-order valence-corrected chi connectivity index (χ3v) is 4.51. The fraction of sp³-hybridized carbons (Fsp3) is 0.263. The summed E-state index contributed by atoms with van der Waals surface area (Å²) in [6, 6.07) is 5.70. The molecule has 1 aromatic carbocycles. The smallest absolute Gasteiger partial charge is 0.325 e. The molecular formula is C19H22N4O7S. The van der Waals surface area contributed by atoms with Crippen LogP contribution in [-0.4, -0.2) is 57.6 Å². The summed E-state index contributed by atoms with van der Waals surface area (Å²) in [7, 11) is -0.863.